The summed E-state index contributed by atoms with van der Waals surface area (Å²) in [6.45, 7) is 3.49. The fourth-order valence-corrected chi connectivity index (χ4v) is 3.15. The topological polar surface area (TPSA) is 90.7 Å². The predicted molar refractivity (Wildman–Crippen MR) is 94.5 cm³/mol. The lowest BCUT2D eigenvalue weighted by Gasteiger charge is -2.32. The van der Waals surface area contributed by atoms with E-state index >= 15 is 0 Å². The Morgan fingerprint density at radius 3 is 2.84 bits per heavy atom. The molecule has 134 valence electrons. The van der Waals surface area contributed by atoms with Crippen LogP contribution in [0.3, 0.4) is 0 Å². The van der Waals surface area contributed by atoms with Crippen LogP contribution in [0.1, 0.15) is 11.5 Å². The van der Waals surface area contributed by atoms with Crippen LogP contribution in [0.5, 0.6) is 0 Å². The number of piperazine rings is 1. The molecule has 0 saturated carbocycles. The van der Waals surface area contributed by atoms with Gasteiger partial charge in [-0.3, -0.25) is 10.1 Å². The van der Waals surface area contributed by atoms with Crippen LogP contribution in [0.15, 0.2) is 28.2 Å². The van der Waals surface area contributed by atoms with E-state index in [0.717, 1.165) is 13.1 Å². The largest absolute Gasteiger partial charge is 0.467 e. The van der Waals surface area contributed by atoms with Gasteiger partial charge in [0.1, 0.15) is 5.76 Å². The number of carbonyl (C=O) groups is 2. The Morgan fingerprint density at radius 2 is 2.12 bits per heavy atom. The number of nitrogens with zero attached hydrogens (tertiary/aromatic N) is 3. The van der Waals surface area contributed by atoms with Gasteiger partial charge in [-0.05, 0) is 19.2 Å². The predicted octanol–water partition coefficient (Wildman–Crippen LogP) is 1.37. The Morgan fingerprint density at radius 1 is 1.32 bits per heavy atom. The Labute approximate surface area is 149 Å². The van der Waals surface area contributed by atoms with Gasteiger partial charge in [-0.2, -0.15) is 0 Å². The van der Waals surface area contributed by atoms with Gasteiger partial charge in [0.05, 0.1) is 24.9 Å². The monoisotopic (exact) mass is 363 g/mol. The molecule has 8 nitrogen and oxygen atoms in total. The first-order valence-electron chi connectivity index (χ1n) is 8.08. The van der Waals surface area contributed by atoms with E-state index in [2.05, 4.69) is 20.5 Å². The van der Waals surface area contributed by atoms with Crippen molar-refractivity contribution < 1.29 is 14.0 Å². The highest BCUT2D eigenvalue weighted by molar-refractivity contribution is 7.13. The van der Waals surface area contributed by atoms with Gasteiger partial charge in [-0.1, -0.05) is 0 Å². The number of thiazole rings is 1. The number of aromatic nitrogens is 1. The van der Waals surface area contributed by atoms with Gasteiger partial charge in [-0.25, -0.2) is 9.78 Å². The Kier molecular flexibility index (Phi) is 5.67. The Balaban J connectivity index is 1.45. The van der Waals surface area contributed by atoms with Crippen LogP contribution in [-0.4, -0.2) is 59.9 Å². The molecule has 3 amide bonds. The number of anilines is 1. The van der Waals surface area contributed by atoms with Crippen molar-refractivity contribution in [1.29, 1.82) is 0 Å². The third-order valence-corrected chi connectivity index (χ3v) is 4.74. The number of nitrogens with one attached hydrogen (secondary N) is 2. The summed E-state index contributed by atoms with van der Waals surface area (Å²) < 4.78 is 5.16. The molecule has 3 rings (SSSR count). The molecular formula is C16H21N5O3S. The molecule has 0 bridgehead atoms. The molecule has 1 aliphatic rings. The summed E-state index contributed by atoms with van der Waals surface area (Å²) in [4.78, 5) is 32.4. The van der Waals surface area contributed by atoms with E-state index in [1.54, 1.807) is 28.7 Å². The quantitative estimate of drug-likeness (QED) is 0.837. The van der Waals surface area contributed by atoms with Crippen molar-refractivity contribution in [3.05, 3.63) is 35.2 Å². The second-order valence-electron chi connectivity index (χ2n) is 5.90. The summed E-state index contributed by atoms with van der Waals surface area (Å²) in [7, 11) is 2.04. The van der Waals surface area contributed by atoms with Crippen LogP contribution in [-0.2, 0) is 17.8 Å². The molecule has 9 heteroatoms. The van der Waals surface area contributed by atoms with Crippen molar-refractivity contribution >= 4 is 28.4 Å². The molecule has 25 heavy (non-hydrogen) atoms. The molecule has 2 aromatic rings. The first-order chi connectivity index (χ1) is 12.1. The lowest BCUT2D eigenvalue weighted by molar-refractivity contribution is -0.120. The van der Waals surface area contributed by atoms with Crippen molar-refractivity contribution in [1.82, 2.24) is 20.1 Å². The zero-order chi connectivity index (χ0) is 17.6. The van der Waals surface area contributed by atoms with Crippen molar-refractivity contribution in [3.8, 4) is 0 Å². The highest BCUT2D eigenvalue weighted by Crippen LogP contribution is 2.17. The minimum absolute atomic E-state index is 0.140. The van der Waals surface area contributed by atoms with Gasteiger partial charge in [0.25, 0.3) is 0 Å². The van der Waals surface area contributed by atoms with Crippen molar-refractivity contribution in [3.63, 3.8) is 0 Å². The van der Waals surface area contributed by atoms with Crippen LogP contribution in [0.4, 0.5) is 9.93 Å². The molecule has 0 radical (unpaired) electrons. The molecular weight excluding hydrogens is 342 g/mol. The number of hydrogen-bond donors (Lipinski definition) is 2. The second-order valence-corrected chi connectivity index (χ2v) is 6.76. The molecule has 0 spiro atoms. The van der Waals surface area contributed by atoms with Crippen LogP contribution >= 0.6 is 11.3 Å². The summed E-state index contributed by atoms with van der Waals surface area (Å²) in [5.41, 5.74) is 0.635. The molecule has 0 aromatic carbocycles. The normalized spacial score (nSPS) is 15.2. The third-order valence-electron chi connectivity index (χ3n) is 3.94. The summed E-state index contributed by atoms with van der Waals surface area (Å²) >= 11 is 1.32. The highest BCUT2D eigenvalue weighted by atomic mass is 32.1. The maximum atomic E-state index is 12.2. The fraction of sp³-hybridized carbons (Fsp3) is 0.438. The van der Waals surface area contributed by atoms with Crippen molar-refractivity contribution in [2.24, 2.45) is 0 Å². The number of carbonyl (C=O) groups excluding carboxylic acids is 2. The van der Waals surface area contributed by atoms with Gasteiger partial charge in [-0.15, -0.1) is 11.3 Å². The van der Waals surface area contributed by atoms with E-state index in [1.165, 1.54) is 11.3 Å². The summed E-state index contributed by atoms with van der Waals surface area (Å²) in [6, 6.07) is 3.43. The molecule has 0 atom stereocenters. The number of urea groups is 1. The lowest BCUT2D eigenvalue weighted by atomic mass is 10.3. The van der Waals surface area contributed by atoms with Crippen LogP contribution < -0.4 is 10.6 Å². The molecule has 1 saturated heterocycles. The standard InChI is InChI=1S/C16H21N5O3S/c1-20-4-6-21(7-5-20)16(23)19-15-18-12(11-25-15)9-14(22)17-10-13-3-2-8-24-13/h2-3,8,11H,4-7,9-10H2,1H3,(H,17,22)(H,18,19,23). The second kappa shape index (κ2) is 8.13. The van der Waals surface area contributed by atoms with E-state index in [9.17, 15) is 9.59 Å². The number of rotatable bonds is 5. The highest BCUT2D eigenvalue weighted by Gasteiger charge is 2.20. The summed E-state index contributed by atoms with van der Waals surface area (Å²) in [5, 5.41) is 7.87. The van der Waals surface area contributed by atoms with Gasteiger partial charge >= 0.3 is 6.03 Å². The molecule has 3 heterocycles. The Bertz CT molecular complexity index is 707. The molecule has 1 fully saturated rings. The van der Waals surface area contributed by atoms with Gasteiger partial charge in [0.2, 0.25) is 5.91 Å². The van der Waals surface area contributed by atoms with Crippen LogP contribution in [0, 0.1) is 0 Å². The molecule has 2 aromatic heterocycles. The fourth-order valence-electron chi connectivity index (χ4n) is 2.45. The third kappa shape index (κ3) is 5.04. The minimum Gasteiger partial charge on any atom is -0.467 e. The number of likely N-dealkylation sites (N-methyl/N-ethyl adjacent to an activating group) is 1. The lowest BCUT2D eigenvalue weighted by Crippen LogP contribution is -2.48. The SMILES string of the molecule is CN1CCN(C(=O)Nc2nc(CC(=O)NCc3ccco3)cs2)CC1. The van der Waals surface area contributed by atoms with E-state index in [-0.39, 0.29) is 18.4 Å². The smallest absolute Gasteiger partial charge is 0.323 e. The molecule has 2 N–H and O–H groups in total. The van der Waals surface area contributed by atoms with E-state index in [1.807, 2.05) is 7.05 Å². The molecule has 1 aliphatic heterocycles. The van der Waals surface area contributed by atoms with E-state index in [0.29, 0.717) is 36.2 Å². The average Bonchev–Trinajstić information content (AvgIpc) is 3.25. The number of hydrogen-bond acceptors (Lipinski definition) is 6. The number of amides is 3. The van der Waals surface area contributed by atoms with Crippen molar-refractivity contribution in [2.45, 2.75) is 13.0 Å². The molecule has 0 aliphatic carbocycles. The number of furan rings is 1. The minimum atomic E-state index is -0.142. The Hall–Kier alpha value is -2.39. The zero-order valence-electron chi connectivity index (χ0n) is 14.0. The first-order valence-corrected chi connectivity index (χ1v) is 8.96. The first kappa shape index (κ1) is 17.4. The van der Waals surface area contributed by atoms with E-state index in [4.69, 9.17) is 4.42 Å². The van der Waals surface area contributed by atoms with Gasteiger partial charge in [0, 0.05) is 31.6 Å². The molecule has 0 unspecified atom stereocenters. The van der Waals surface area contributed by atoms with E-state index < -0.39 is 0 Å². The summed E-state index contributed by atoms with van der Waals surface area (Å²) in [5.74, 6) is 0.561. The zero-order valence-corrected chi connectivity index (χ0v) is 14.8. The van der Waals surface area contributed by atoms with Crippen LogP contribution in [0.25, 0.3) is 0 Å². The summed E-state index contributed by atoms with van der Waals surface area (Å²) in [6.07, 6.45) is 1.73. The van der Waals surface area contributed by atoms with Gasteiger partial charge in [0.15, 0.2) is 5.13 Å². The average molecular weight is 363 g/mol. The maximum absolute atomic E-state index is 12.2. The van der Waals surface area contributed by atoms with Crippen LogP contribution in [0.2, 0.25) is 0 Å². The van der Waals surface area contributed by atoms with Gasteiger partial charge < -0.3 is 19.5 Å². The van der Waals surface area contributed by atoms with Crippen molar-refractivity contribution in [2.75, 3.05) is 38.5 Å². The maximum Gasteiger partial charge on any atom is 0.323 e.